The predicted molar refractivity (Wildman–Crippen MR) is 89.5 cm³/mol. The van der Waals surface area contributed by atoms with E-state index < -0.39 is 0 Å². The summed E-state index contributed by atoms with van der Waals surface area (Å²) in [6.07, 6.45) is 2.63. The molecule has 0 aromatic heterocycles. The van der Waals surface area contributed by atoms with Crippen molar-refractivity contribution in [3.05, 3.63) is 35.6 Å². The molecule has 0 bridgehead atoms. The molecular formula is C17H27FN4. The lowest BCUT2D eigenvalue weighted by Crippen LogP contribution is -2.45. The Morgan fingerprint density at radius 2 is 2.14 bits per heavy atom. The van der Waals surface area contributed by atoms with Crippen molar-refractivity contribution in [3.8, 4) is 0 Å². The molecule has 5 heteroatoms. The molecule has 1 saturated carbocycles. The lowest BCUT2D eigenvalue weighted by molar-refractivity contribution is 0.246. The van der Waals surface area contributed by atoms with Gasteiger partial charge in [0.25, 0.3) is 0 Å². The van der Waals surface area contributed by atoms with Crippen LogP contribution in [-0.4, -0.2) is 55.5 Å². The maximum Gasteiger partial charge on any atom is 0.193 e. The van der Waals surface area contributed by atoms with E-state index in [-0.39, 0.29) is 5.82 Å². The number of rotatable bonds is 6. The number of aliphatic imine (C=N–C) groups is 1. The van der Waals surface area contributed by atoms with Gasteiger partial charge in [0.1, 0.15) is 5.82 Å². The molecule has 1 atom stereocenters. The standard InChI is InChI=1S/C17H27FN4/c1-13(22(4)16-8-9-16)11-20-17(19-2)21(3)12-14-6-5-7-15(18)10-14/h5-7,10,13,16H,8-9,11-12H2,1-4H3,(H,19,20). The third-order valence-corrected chi connectivity index (χ3v) is 4.26. The predicted octanol–water partition coefficient (Wildman–Crippen LogP) is 2.32. The largest absolute Gasteiger partial charge is 0.355 e. The molecule has 0 amide bonds. The first-order valence-electron chi connectivity index (χ1n) is 7.89. The van der Waals surface area contributed by atoms with Gasteiger partial charge in [-0.2, -0.15) is 0 Å². The Hall–Kier alpha value is -1.62. The van der Waals surface area contributed by atoms with Crippen LogP contribution in [0.15, 0.2) is 29.3 Å². The van der Waals surface area contributed by atoms with Crippen molar-refractivity contribution >= 4 is 5.96 Å². The highest BCUT2D eigenvalue weighted by atomic mass is 19.1. The number of guanidine groups is 1. The minimum atomic E-state index is -0.200. The minimum absolute atomic E-state index is 0.200. The quantitative estimate of drug-likeness (QED) is 0.646. The Kier molecular flexibility index (Phi) is 5.77. The number of nitrogens with one attached hydrogen (secondary N) is 1. The molecule has 122 valence electrons. The van der Waals surface area contributed by atoms with E-state index in [2.05, 4.69) is 29.2 Å². The second-order valence-corrected chi connectivity index (χ2v) is 6.16. The molecule has 0 saturated heterocycles. The maximum atomic E-state index is 13.3. The van der Waals surface area contributed by atoms with Gasteiger partial charge in [-0.25, -0.2) is 4.39 Å². The Morgan fingerprint density at radius 1 is 1.41 bits per heavy atom. The van der Waals surface area contributed by atoms with Crippen molar-refractivity contribution in [2.24, 2.45) is 4.99 Å². The maximum absolute atomic E-state index is 13.3. The number of likely N-dealkylation sites (N-methyl/N-ethyl adjacent to an activating group) is 1. The highest BCUT2D eigenvalue weighted by molar-refractivity contribution is 5.79. The lowest BCUT2D eigenvalue weighted by Gasteiger charge is -2.28. The SMILES string of the molecule is CN=C(NCC(C)N(C)C1CC1)N(C)Cc1cccc(F)c1. The van der Waals surface area contributed by atoms with Gasteiger partial charge in [-0.1, -0.05) is 12.1 Å². The van der Waals surface area contributed by atoms with Crippen molar-refractivity contribution in [3.63, 3.8) is 0 Å². The highest BCUT2D eigenvalue weighted by Gasteiger charge is 2.29. The zero-order chi connectivity index (χ0) is 16.1. The summed E-state index contributed by atoms with van der Waals surface area (Å²) in [7, 11) is 5.93. The molecular weight excluding hydrogens is 279 g/mol. The van der Waals surface area contributed by atoms with E-state index >= 15 is 0 Å². The first-order chi connectivity index (χ1) is 10.5. The smallest absolute Gasteiger partial charge is 0.193 e. The van der Waals surface area contributed by atoms with E-state index in [1.807, 2.05) is 18.0 Å². The summed E-state index contributed by atoms with van der Waals surface area (Å²) in [6, 6.07) is 7.91. The second kappa shape index (κ2) is 7.58. The molecule has 1 aliphatic rings. The highest BCUT2D eigenvalue weighted by Crippen LogP contribution is 2.26. The van der Waals surface area contributed by atoms with Crippen molar-refractivity contribution < 1.29 is 4.39 Å². The van der Waals surface area contributed by atoms with Gasteiger partial charge in [-0.15, -0.1) is 0 Å². The Labute approximate surface area is 133 Å². The summed E-state index contributed by atoms with van der Waals surface area (Å²) in [5.41, 5.74) is 0.939. The Bertz CT molecular complexity index is 513. The molecule has 1 unspecified atom stereocenters. The molecule has 1 aromatic carbocycles. The summed E-state index contributed by atoms with van der Waals surface area (Å²) in [6.45, 7) is 3.71. The normalized spacial score (nSPS) is 16.7. The summed E-state index contributed by atoms with van der Waals surface area (Å²) in [5.74, 6) is 0.633. The van der Waals surface area contributed by atoms with Crippen LogP contribution in [0.1, 0.15) is 25.3 Å². The van der Waals surface area contributed by atoms with Crippen LogP contribution in [0.3, 0.4) is 0 Å². The van der Waals surface area contributed by atoms with Crippen LogP contribution >= 0.6 is 0 Å². The van der Waals surface area contributed by atoms with Crippen molar-refractivity contribution in [2.45, 2.75) is 38.4 Å². The fourth-order valence-electron chi connectivity index (χ4n) is 2.59. The average molecular weight is 306 g/mol. The van der Waals surface area contributed by atoms with E-state index in [4.69, 9.17) is 0 Å². The van der Waals surface area contributed by atoms with Gasteiger partial charge in [0.15, 0.2) is 5.96 Å². The van der Waals surface area contributed by atoms with Crippen LogP contribution in [0.5, 0.6) is 0 Å². The van der Waals surface area contributed by atoms with Crippen LogP contribution in [0.4, 0.5) is 4.39 Å². The molecule has 4 nitrogen and oxygen atoms in total. The molecule has 1 aliphatic carbocycles. The molecule has 1 aromatic rings. The molecule has 1 N–H and O–H groups in total. The number of hydrogen-bond acceptors (Lipinski definition) is 2. The van der Waals surface area contributed by atoms with E-state index in [9.17, 15) is 4.39 Å². The van der Waals surface area contributed by atoms with E-state index in [0.29, 0.717) is 12.6 Å². The van der Waals surface area contributed by atoms with Crippen LogP contribution in [-0.2, 0) is 6.54 Å². The number of nitrogens with zero attached hydrogens (tertiary/aromatic N) is 3. The van der Waals surface area contributed by atoms with Gasteiger partial charge in [-0.05, 0) is 44.5 Å². The van der Waals surface area contributed by atoms with Crippen molar-refractivity contribution in [2.75, 3.05) is 27.7 Å². The lowest BCUT2D eigenvalue weighted by atomic mass is 10.2. The molecule has 0 heterocycles. The van der Waals surface area contributed by atoms with Gasteiger partial charge in [0, 0.05) is 39.3 Å². The zero-order valence-electron chi connectivity index (χ0n) is 14.0. The third-order valence-electron chi connectivity index (χ3n) is 4.26. The fourth-order valence-corrected chi connectivity index (χ4v) is 2.59. The Morgan fingerprint density at radius 3 is 2.73 bits per heavy atom. The second-order valence-electron chi connectivity index (χ2n) is 6.16. The van der Waals surface area contributed by atoms with Gasteiger partial charge in [0.05, 0.1) is 0 Å². The van der Waals surface area contributed by atoms with Crippen molar-refractivity contribution in [1.82, 2.24) is 15.1 Å². The van der Waals surface area contributed by atoms with Gasteiger partial charge in [-0.3, -0.25) is 9.89 Å². The molecule has 0 spiro atoms. The first-order valence-corrected chi connectivity index (χ1v) is 7.89. The van der Waals surface area contributed by atoms with Gasteiger partial charge < -0.3 is 10.2 Å². The van der Waals surface area contributed by atoms with Crippen LogP contribution in [0.2, 0.25) is 0 Å². The summed E-state index contributed by atoms with van der Waals surface area (Å²) in [4.78, 5) is 8.75. The van der Waals surface area contributed by atoms with Gasteiger partial charge >= 0.3 is 0 Å². The fraction of sp³-hybridized carbons (Fsp3) is 0.588. The minimum Gasteiger partial charge on any atom is -0.355 e. The van der Waals surface area contributed by atoms with Gasteiger partial charge in [0.2, 0.25) is 0 Å². The molecule has 1 fully saturated rings. The van der Waals surface area contributed by atoms with Crippen LogP contribution in [0.25, 0.3) is 0 Å². The Balaban J connectivity index is 1.85. The molecule has 0 aliphatic heterocycles. The van der Waals surface area contributed by atoms with Crippen LogP contribution in [0, 0.1) is 5.82 Å². The van der Waals surface area contributed by atoms with Crippen molar-refractivity contribution in [1.29, 1.82) is 0 Å². The molecule has 2 rings (SSSR count). The number of halogens is 1. The molecule has 22 heavy (non-hydrogen) atoms. The summed E-state index contributed by atoms with van der Waals surface area (Å²) < 4.78 is 13.3. The average Bonchev–Trinajstić information content (AvgIpc) is 3.31. The number of benzene rings is 1. The monoisotopic (exact) mass is 306 g/mol. The van der Waals surface area contributed by atoms with E-state index in [0.717, 1.165) is 24.1 Å². The summed E-state index contributed by atoms with van der Waals surface area (Å²) in [5, 5.41) is 3.41. The van der Waals surface area contributed by atoms with E-state index in [1.165, 1.54) is 18.9 Å². The van der Waals surface area contributed by atoms with E-state index in [1.54, 1.807) is 19.2 Å². The van der Waals surface area contributed by atoms with Crippen LogP contribution < -0.4 is 5.32 Å². The topological polar surface area (TPSA) is 30.9 Å². The number of hydrogen-bond donors (Lipinski definition) is 1. The first kappa shape index (κ1) is 16.7. The zero-order valence-corrected chi connectivity index (χ0v) is 14.0. The third kappa shape index (κ3) is 4.70. The summed E-state index contributed by atoms with van der Waals surface area (Å²) >= 11 is 0. The molecule has 0 radical (unpaired) electrons.